The second-order valence-corrected chi connectivity index (χ2v) is 15.2. The third kappa shape index (κ3) is 8.27. The fourth-order valence-electron chi connectivity index (χ4n) is 7.92. The van der Waals surface area contributed by atoms with E-state index < -0.39 is 24.3 Å². The highest BCUT2D eigenvalue weighted by Gasteiger charge is 2.40. The molecule has 54 heavy (non-hydrogen) atoms. The molecule has 0 saturated carbocycles. The SMILES string of the molecule is COC(=O)N[C@H](C(=O)N1CCC[C@H]1C1=NC=C(c2ccc(-c3ccc(C4=CN=C([C@@H]5CCCN5C(=O)[C@@H](NC(=O)OC)C(C)C)C4)cc3)cc2)C1)C(C)C. The molecule has 0 spiro atoms. The van der Waals surface area contributed by atoms with Crippen molar-refractivity contribution in [3.05, 3.63) is 72.1 Å². The first-order chi connectivity index (χ1) is 26.0. The van der Waals surface area contributed by atoms with Crippen molar-refractivity contribution >= 4 is 46.6 Å². The molecule has 4 heterocycles. The Morgan fingerprint density at radius 2 is 0.963 bits per heavy atom. The Morgan fingerprint density at radius 1 is 0.611 bits per heavy atom. The van der Waals surface area contributed by atoms with Gasteiger partial charge in [0.05, 0.1) is 26.3 Å². The fourth-order valence-corrected chi connectivity index (χ4v) is 7.92. The van der Waals surface area contributed by atoms with Crippen LogP contribution < -0.4 is 10.6 Å². The molecule has 12 nitrogen and oxygen atoms in total. The molecule has 4 amide bonds. The first kappa shape index (κ1) is 38.5. The minimum absolute atomic E-state index is 0.0806. The Balaban J connectivity index is 1.04. The standard InChI is InChI=1S/C42H52N6O6/c1-25(2)37(45-41(51)53-5)39(49)47-19-7-9-35(47)33-21-31(23-43-33)29-15-11-27(12-16-29)28-13-17-30(18-14-28)32-22-34(44-24-32)36-10-8-20-48(36)40(50)38(26(3)4)46-42(52)54-6/h11-18,23-26,35-38H,7-10,19-22H2,1-6H3,(H,45,51)(H,46,52)/t35-,36-,37-,38-/m0/s1. The lowest BCUT2D eigenvalue weighted by Gasteiger charge is -2.31. The van der Waals surface area contributed by atoms with Crippen LogP contribution in [0.2, 0.25) is 0 Å². The zero-order valence-corrected chi connectivity index (χ0v) is 32.1. The van der Waals surface area contributed by atoms with Gasteiger partial charge in [-0.3, -0.25) is 19.6 Å². The summed E-state index contributed by atoms with van der Waals surface area (Å²) in [4.78, 5) is 64.3. The van der Waals surface area contributed by atoms with Gasteiger partial charge in [0.25, 0.3) is 0 Å². The second kappa shape index (κ2) is 16.8. The van der Waals surface area contributed by atoms with Gasteiger partial charge in [0.2, 0.25) is 11.8 Å². The molecule has 2 aromatic carbocycles. The molecular formula is C42H52N6O6. The van der Waals surface area contributed by atoms with Crippen molar-refractivity contribution in [3.63, 3.8) is 0 Å². The largest absolute Gasteiger partial charge is 0.453 e. The van der Waals surface area contributed by atoms with E-state index in [0.717, 1.165) is 70.5 Å². The lowest BCUT2D eigenvalue weighted by Crippen LogP contribution is -2.53. The lowest BCUT2D eigenvalue weighted by atomic mass is 9.94. The number of ether oxygens (including phenoxy) is 2. The van der Waals surface area contributed by atoms with Crippen LogP contribution >= 0.6 is 0 Å². The predicted octanol–water partition coefficient (Wildman–Crippen LogP) is 6.47. The molecule has 2 N–H and O–H groups in total. The maximum absolute atomic E-state index is 13.5. The van der Waals surface area contributed by atoms with Crippen molar-refractivity contribution < 1.29 is 28.7 Å². The number of methoxy groups -OCH3 is 2. The summed E-state index contributed by atoms with van der Waals surface area (Å²) in [5, 5.41) is 5.43. The molecule has 0 aliphatic carbocycles. The summed E-state index contributed by atoms with van der Waals surface area (Å²) in [7, 11) is 2.60. The molecule has 4 atom stereocenters. The van der Waals surface area contributed by atoms with Crippen LogP contribution in [0.25, 0.3) is 22.3 Å². The quantitative estimate of drug-likeness (QED) is 0.271. The maximum Gasteiger partial charge on any atom is 0.407 e. The highest BCUT2D eigenvalue weighted by Crippen LogP contribution is 2.34. The van der Waals surface area contributed by atoms with Gasteiger partial charge in [0.1, 0.15) is 12.1 Å². The number of carbonyl (C=O) groups is 4. The number of amides is 4. The molecule has 0 unspecified atom stereocenters. The van der Waals surface area contributed by atoms with Gasteiger partial charge in [-0.25, -0.2) is 9.59 Å². The van der Waals surface area contributed by atoms with Crippen LogP contribution in [0, 0.1) is 11.8 Å². The minimum Gasteiger partial charge on any atom is -0.453 e. The number of nitrogens with zero attached hydrogens (tertiary/aromatic N) is 4. The van der Waals surface area contributed by atoms with Gasteiger partial charge >= 0.3 is 12.2 Å². The average molecular weight is 737 g/mol. The molecule has 6 rings (SSSR count). The fraction of sp³-hybridized carbons (Fsp3) is 0.476. The van der Waals surface area contributed by atoms with Crippen molar-refractivity contribution in [2.45, 2.75) is 90.4 Å². The molecule has 0 aromatic heterocycles. The van der Waals surface area contributed by atoms with Gasteiger partial charge in [-0.05, 0) is 70.9 Å². The van der Waals surface area contributed by atoms with Crippen molar-refractivity contribution in [2.24, 2.45) is 21.8 Å². The number of benzene rings is 2. The van der Waals surface area contributed by atoms with Crippen molar-refractivity contribution in [3.8, 4) is 11.1 Å². The molecule has 286 valence electrons. The van der Waals surface area contributed by atoms with E-state index in [1.807, 2.05) is 49.9 Å². The first-order valence-electron chi connectivity index (χ1n) is 19.0. The predicted molar refractivity (Wildman–Crippen MR) is 210 cm³/mol. The molecule has 2 saturated heterocycles. The van der Waals surface area contributed by atoms with Crippen LogP contribution in [-0.4, -0.2) is 96.7 Å². The van der Waals surface area contributed by atoms with Crippen LogP contribution in [0.5, 0.6) is 0 Å². The van der Waals surface area contributed by atoms with Gasteiger partial charge < -0.3 is 29.9 Å². The van der Waals surface area contributed by atoms with Crippen molar-refractivity contribution in [1.29, 1.82) is 0 Å². The van der Waals surface area contributed by atoms with E-state index in [-0.39, 0.29) is 35.7 Å². The Bertz CT molecular complexity index is 1730. The van der Waals surface area contributed by atoms with E-state index >= 15 is 0 Å². The Labute approximate surface area is 317 Å². The molecule has 4 aliphatic rings. The van der Waals surface area contributed by atoms with Crippen LogP contribution in [0.4, 0.5) is 9.59 Å². The van der Waals surface area contributed by atoms with Gasteiger partial charge in [-0.15, -0.1) is 0 Å². The summed E-state index contributed by atoms with van der Waals surface area (Å²) in [5.41, 5.74) is 8.59. The number of hydrogen-bond donors (Lipinski definition) is 2. The number of hydrogen-bond acceptors (Lipinski definition) is 8. The molecule has 2 fully saturated rings. The van der Waals surface area contributed by atoms with E-state index in [4.69, 9.17) is 19.5 Å². The van der Waals surface area contributed by atoms with Crippen LogP contribution in [0.15, 0.2) is 70.9 Å². The zero-order valence-electron chi connectivity index (χ0n) is 32.1. The van der Waals surface area contributed by atoms with Crippen LogP contribution in [0.3, 0.4) is 0 Å². The number of rotatable bonds is 11. The highest BCUT2D eigenvalue weighted by molar-refractivity contribution is 6.05. The van der Waals surface area contributed by atoms with Crippen molar-refractivity contribution in [2.75, 3.05) is 27.3 Å². The molecule has 0 bridgehead atoms. The minimum atomic E-state index is -0.656. The number of nitrogens with one attached hydrogen (secondary N) is 2. The molecule has 2 aromatic rings. The maximum atomic E-state index is 13.5. The Kier molecular flexibility index (Phi) is 12.0. The third-order valence-electron chi connectivity index (χ3n) is 11.0. The van der Waals surface area contributed by atoms with Crippen molar-refractivity contribution in [1.82, 2.24) is 20.4 Å². The summed E-state index contributed by atoms with van der Waals surface area (Å²) in [6.45, 7) is 8.95. The van der Waals surface area contributed by atoms with E-state index in [2.05, 4.69) is 59.2 Å². The average Bonchev–Trinajstić information content (AvgIpc) is 4.02. The van der Waals surface area contributed by atoms with E-state index in [9.17, 15) is 19.2 Å². The summed E-state index contributed by atoms with van der Waals surface area (Å²) >= 11 is 0. The Hall–Kier alpha value is -5.26. The summed E-state index contributed by atoms with van der Waals surface area (Å²) in [5.74, 6) is -0.355. The van der Waals surface area contributed by atoms with Gasteiger partial charge in [0, 0.05) is 49.8 Å². The van der Waals surface area contributed by atoms with E-state index in [1.165, 1.54) is 14.2 Å². The van der Waals surface area contributed by atoms with Crippen LogP contribution in [-0.2, 0) is 19.1 Å². The van der Waals surface area contributed by atoms with Gasteiger partial charge in [-0.1, -0.05) is 76.2 Å². The second-order valence-electron chi connectivity index (χ2n) is 15.2. The molecule has 12 heteroatoms. The lowest BCUT2D eigenvalue weighted by molar-refractivity contribution is -0.134. The molecule has 0 radical (unpaired) electrons. The molecule has 4 aliphatic heterocycles. The topological polar surface area (TPSA) is 142 Å². The third-order valence-corrected chi connectivity index (χ3v) is 11.0. The van der Waals surface area contributed by atoms with Gasteiger partial charge in [0.15, 0.2) is 0 Å². The number of carbonyl (C=O) groups excluding carboxylic acids is 4. The summed E-state index contributed by atoms with van der Waals surface area (Å²) < 4.78 is 9.53. The Morgan fingerprint density at radius 3 is 1.30 bits per heavy atom. The number of alkyl carbamates (subject to hydrolysis) is 2. The first-order valence-corrected chi connectivity index (χ1v) is 19.0. The normalized spacial score (nSPS) is 20.7. The number of likely N-dealkylation sites (tertiary alicyclic amines) is 2. The number of aliphatic imine (C=N–C) groups is 2. The number of allylic oxidation sites excluding steroid dienone is 2. The summed E-state index contributed by atoms with van der Waals surface area (Å²) in [6, 6.07) is 15.5. The van der Waals surface area contributed by atoms with E-state index in [0.29, 0.717) is 25.9 Å². The highest BCUT2D eigenvalue weighted by atomic mass is 16.5. The zero-order chi connectivity index (χ0) is 38.5. The smallest absolute Gasteiger partial charge is 0.407 e. The molecular weight excluding hydrogens is 684 g/mol. The summed E-state index contributed by atoms with van der Waals surface area (Å²) in [6.07, 6.45) is 7.45. The van der Waals surface area contributed by atoms with E-state index in [1.54, 1.807) is 0 Å². The van der Waals surface area contributed by atoms with Crippen LogP contribution in [0.1, 0.15) is 77.3 Å². The monoisotopic (exact) mass is 736 g/mol. The van der Waals surface area contributed by atoms with Gasteiger partial charge in [-0.2, -0.15) is 0 Å².